The van der Waals surface area contributed by atoms with Crippen molar-refractivity contribution in [2.24, 2.45) is 0 Å². The molecule has 0 unspecified atom stereocenters. The van der Waals surface area contributed by atoms with Gasteiger partial charge in [-0.15, -0.1) is 11.8 Å². The highest BCUT2D eigenvalue weighted by Crippen LogP contribution is 2.19. The zero-order valence-corrected chi connectivity index (χ0v) is 8.83. The van der Waals surface area contributed by atoms with Gasteiger partial charge in [-0.2, -0.15) is 5.26 Å². The van der Waals surface area contributed by atoms with E-state index in [1.54, 1.807) is 12.1 Å². The Kier molecular flexibility index (Phi) is 4.64. The number of hydrogen-bond acceptors (Lipinski definition) is 4. The summed E-state index contributed by atoms with van der Waals surface area (Å²) >= 11 is 1.54. The molecule has 1 aromatic rings. The second-order valence-electron chi connectivity index (χ2n) is 2.79. The molecule has 78 valence electrons. The average Bonchev–Trinajstić information content (AvgIpc) is 2.25. The van der Waals surface area contributed by atoms with Gasteiger partial charge in [0.15, 0.2) is 0 Å². The topological polar surface area (TPSA) is 74.0 Å². The van der Waals surface area contributed by atoms with Crippen LogP contribution >= 0.6 is 11.8 Å². The number of rotatable bonds is 5. The summed E-state index contributed by atoms with van der Waals surface area (Å²) in [6, 6.07) is 5.37. The maximum Gasteiger partial charge on any atom is 0.354 e. The van der Waals surface area contributed by atoms with E-state index >= 15 is 0 Å². The fourth-order valence-corrected chi connectivity index (χ4v) is 1.84. The smallest absolute Gasteiger partial charge is 0.354 e. The fraction of sp³-hybridized carbons (Fsp3) is 0.300. The van der Waals surface area contributed by atoms with Crippen LogP contribution in [0.4, 0.5) is 0 Å². The van der Waals surface area contributed by atoms with Gasteiger partial charge in [0.2, 0.25) is 0 Å². The molecule has 1 aromatic heterocycles. The minimum atomic E-state index is -1.02. The number of carboxylic acid groups (broad SMARTS) is 1. The number of carboxylic acids is 1. The minimum Gasteiger partial charge on any atom is -0.477 e. The number of carbonyl (C=O) groups is 1. The Labute approximate surface area is 91.9 Å². The van der Waals surface area contributed by atoms with E-state index in [-0.39, 0.29) is 5.69 Å². The van der Waals surface area contributed by atoms with Crippen molar-refractivity contribution in [1.82, 2.24) is 4.98 Å². The van der Waals surface area contributed by atoms with Gasteiger partial charge in [0, 0.05) is 17.5 Å². The van der Waals surface area contributed by atoms with Gasteiger partial charge in [0.05, 0.1) is 6.07 Å². The van der Waals surface area contributed by atoms with E-state index in [2.05, 4.69) is 11.1 Å². The van der Waals surface area contributed by atoms with Crippen molar-refractivity contribution in [3.05, 3.63) is 24.0 Å². The zero-order chi connectivity index (χ0) is 11.1. The minimum absolute atomic E-state index is 0.0558. The molecule has 0 aliphatic carbocycles. The predicted octanol–water partition coefficient (Wildman–Crippen LogP) is 2.18. The highest BCUT2D eigenvalue weighted by molar-refractivity contribution is 7.99. The molecule has 0 amide bonds. The second-order valence-corrected chi connectivity index (χ2v) is 3.96. The third-order valence-electron chi connectivity index (χ3n) is 1.65. The van der Waals surface area contributed by atoms with Crippen LogP contribution in [-0.2, 0) is 0 Å². The molecule has 0 aliphatic rings. The van der Waals surface area contributed by atoms with Crippen molar-refractivity contribution in [3.8, 4) is 6.07 Å². The lowest BCUT2D eigenvalue weighted by Crippen LogP contribution is -1.99. The van der Waals surface area contributed by atoms with Crippen LogP contribution in [-0.4, -0.2) is 21.8 Å². The van der Waals surface area contributed by atoms with E-state index in [0.717, 1.165) is 17.1 Å². The maximum atomic E-state index is 10.6. The third kappa shape index (κ3) is 4.00. The van der Waals surface area contributed by atoms with E-state index in [9.17, 15) is 4.79 Å². The molecule has 0 saturated heterocycles. The molecule has 15 heavy (non-hydrogen) atoms. The number of unbranched alkanes of at least 4 members (excludes halogenated alkanes) is 1. The number of aromatic carboxylic acids is 1. The van der Waals surface area contributed by atoms with Gasteiger partial charge in [-0.1, -0.05) is 0 Å². The first-order valence-corrected chi connectivity index (χ1v) is 5.41. The molecular formula is C10H10N2O2S. The summed E-state index contributed by atoms with van der Waals surface area (Å²) in [5, 5.41) is 17.0. The first kappa shape index (κ1) is 11.5. The summed E-state index contributed by atoms with van der Waals surface area (Å²) in [5.41, 5.74) is 0.0558. The average molecular weight is 222 g/mol. The first-order valence-electron chi connectivity index (χ1n) is 4.43. The molecule has 0 atom stereocenters. The predicted molar refractivity (Wildman–Crippen MR) is 56.8 cm³/mol. The molecular weight excluding hydrogens is 212 g/mol. The number of aromatic nitrogens is 1. The van der Waals surface area contributed by atoms with Crippen LogP contribution in [0, 0.1) is 11.3 Å². The standard InChI is InChI=1S/C10H10N2O2S/c11-4-1-2-6-15-8-3-5-12-9(7-8)10(13)14/h3,5,7H,1-2,6H2,(H,13,14). The van der Waals surface area contributed by atoms with Gasteiger partial charge in [0.1, 0.15) is 5.69 Å². The van der Waals surface area contributed by atoms with Gasteiger partial charge < -0.3 is 5.11 Å². The first-order chi connectivity index (χ1) is 7.24. The lowest BCUT2D eigenvalue weighted by Gasteiger charge is -2.00. The van der Waals surface area contributed by atoms with Gasteiger partial charge in [-0.05, 0) is 24.3 Å². The summed E-state index contributed by atoms with van der Waals surface area (Å²) in [6.07, 6.45) is 2.83. The quantitative estimate of drug-likeness (QED) is 0.610. The lowest BCUT2D eigenvalue weighted by atomic mass is 10.3. The molecule has 0 aliphatic heterocycles. The third-order valence-corrected chi connectivity index (χ3v) is 2.73. The molecule has 0 aromatic carbocycles. The van der Waals surface area contributed by atoms with Crippen molar-refractivity contribution in [2.45, 2.75) is 17.7 Å². The van der Waals surface area contributed by atoms with Crippen LogP contribution in [0.1, 0.15) is 23.3 Å². The van der Waals surface area contributed by atoms with E-state index in [1.807, 2.05) is 0 Å². The summed E-state index contributed by atoms with van der Waals surface area (Å²) in [4.78, 5) is 15.2. The Bertz CT molecular complexity index is 387. The van der Waals surface area contributed by atoms with Crippen LogP contribution in [0.5, 0.6) is 0 Å². The zero-order valence-electron chi connectivity index (χ0n) is 8.01. The van der Waals surface area contributed by atoms with Crippen LogP contribution < -0.4 is 0 Å². The molecule has 0 radical (unpaired) electrons. The molecule has 1 heterocycles. The molecule has 5 heteroatoms. The van der Waals surface area contributed by atoms with Crippen LogP contribution in [0.2, 0.25) is 0 Å². The van der Waals surface area contributed by atoms with Crippen LogP contribution in [0.15, 0.2) is 23.2 Å². The van der Waals surface area contributed by atoms with Crippen molar-refractivity contribution in [1.29, 1.82) is 5.26 Å². The SMILES string of the molecule is N#CCCCSc1ccnc(C(=O)O)c1. The molecule has 0 bridgehead atoms. The van der Waals surface area contributed by atoms with E-state index < -0.39 is 5.97 Å². The molecule has 0 saturated carbocycles. The second kappa shape index (κ2) is 6.04. The normalized spacial score (nSPS) is 9.53. The Morgan fingerprint density at radius 2 is 2.47 bits per heavy atom. The summed E-state index contributed by atoms with van der Waals surface area (Å²) in [5.74, 6) is -0.203. The van der Waals surface area contributed by atoms with E-state index in [1.165, 1.54) is 18.0 Å². The Morgan fingerprint density at radius 1 is 1.67 bits per heavy atom. The maximum absolute atomic E-state index is 10.6. The van der Waals surface area contributed by atoms with Gasteiger partial charge >= 0.3 is 5.97 Å². The Morgan fingerprint density at radius 3 is 3.13 bits per heavy atom. The van der Waals surface area contributed by atoms with E-state index in [0.29, 0.717) is 6.42 Å². The Balaban J connectivity index is 2.51. The van der Waals surface area contributed by atoms with Gasteiger partial charge in [-0.3, -0.25) is 0 Å². The number of hydrogen-bond donors (Lipinski definition) is 1. The number of nitrogens with zero attached hydrogens (tertiary/aromatic N) is 2. The lowest BCUT2D eigenvalue weighted by molar-refractivity contribution is 0.0690. The summed E-state index contributed by atoms with van der Waals surface area (Å²) in [7, 11) is 0. The van der Waals surface area contributed by atoms with Crippen molar-refractivity contribution in [2.75, 3.05) is 5.75 Å². The van der Waals surface area contributed by atoms with Crippen molar-refractivity contribution < 1.29 is 9.90 Å². The number of nitriles is 1. The summed E-state index contributed by atoms with van der Waals surface area (Å²) < 4.78 is 0. The molecule has 4 nitrogen and oxygen atoms in total. The molecule has 0 spiro atoms. The number of thioether (sulfide) groups is 1. The van der Waals surface area contributed by atoms with Gasteiger partial charge in [0.25, 0.3) is 0 Å². The van der Waals surface area contributed by atoms with Crippen LogP contribution in [0.25, 0.3) is 0 Å². The fourth-order valence-electron chi connectivity index (χ4n) is 0.959. The molecule has 1 rings (SSSR count). The summed E-state index contributed by atoms with van der Waals surface area (Å²) in [6.45, 7) is 0. The van der Waals surface area contributed by atoms with Crippen molar-refractivity contribution in [3.63, 3.8) is 0 Å². The Hall–Kier alpha value is -1.54. The highest BCUT2D eigenvalue weighted by atomic mass is 32.2. The van der Waals surface area contributed by atoms with E-state index in [4.69, 9.17) is 10.4 Å². The van der Waals surface area contributed by atoms with Gasteiger partial charge in [-0.25, -0.2) is 9.78 Å². The van der Waals surface area contributed by atoms with Crippen molar-refractivity contribution >= 4 is 17.7 Å². The number of pyridine rings is 1. The van der Waals surface area contributed by atoms with Crippen LogP contribution in [0.3, 0.4) is 0 Å². The highest BCUT2D eigenvalue weighted by Gasteiger charge is 2.04. The largest absolute Gasteiger partial charge is 0.477 e. The monoisotopic (exact) mass is 222 g/mol. The molecule has 1 N–H and O–H groups in total. The molecule has 0 fully saturated rings.